The number of halogens is 2. The van der Waals surface area contributed by atoms with Crippen LogP contribution in [0.2, 0.25) is 0 Å². The number of para-hydroxylation sites is 1. The van der Waals surface area contributed by atoms with E-state index in [0.717, 1.165) is 30.4 Å². The van der Waals surface area contributed by atoms with E-state index in [4.69, 9.17) is 0 Å². The lowest BCUT2D eigenvalue weighted by molar-refractivity contribution is 0.626. The van der Waals surface area contributed by atoms with Crippen molar-refractivity contribution in [2.24, 2.45) is 0 Å². The maximum atomic E-state index is 13.9. The van der Waals surface area contributed by atoms with Crippen LogP contribution in [0.5, 0.6) is 0 Å². The molecule has 1 aromatic heterocycles. The quantitative estimate of drug-likeness (QED) is 0.797. The zero-order chi connectivity index (χ0) is 11.1. The van der Waals surface area contributed by atoms with Gasteiger partial charge in [-0.3, -0.25) is 3.97 Å². The first-order chi connectivity index (χ1) is 7.83. The number of nitrogens with zero attached hydrogens (tertiary/aromatic N) is 1. The lowest BCUT2D eigenvalue weighted by Gasteiger charge is -2.14. The molecule has 1 aliphatic rings. The molecule has 0 bridgehead atoms. The second kappa shape index (κ2) is 4.19. The lowest BCUT2D eigenvalue weighted by atomic mass is 10.0. The van der Waals surface area contributed by atoms with E-state index in [9.17, 15) is 4.39 Å². The second-order valence-corrected chi connectivity index (χ2v) is 5.54. The van der Waals surface area contributed by atoms with E-state index in [1.165, 1.54) is 17.3 Å². The Morgan fingerprint density at radius 2 is 2.31 bits per heavy atom. The van der Waals surface area contributed by atoms with Crippen molar-refractivity contribution in [3.05, 3.63) is 35.3 Å². The highest BCUT2D eigenvalue weighted by Crippen LogP contribution is 2.35. The van der Waals surface area contributed by atoms with Gasteiger partial charge in [0.1, 0.15) is 5.82 Å². The van der Waals surface area contributed by atoms with Crippen LogP contribution in [0.3, 0.4) is 0 Å². The molecule has 1 aromatic carbocycles. The number of hydrogen-bond acceptors (Lipinski definition) is 2. The first kappa shape index (κ1) is 10.9. The number of hydrogen-bond donors (Lipinski definition) is 1. The van der Waals surface area contributed by atoms with Crippen LogP contribution in [0.15, 0.2) is 18.2 Å². The molecule has 0 spiro atoms. The molecule has 0 fully saturated rings. The van der Waals surface area contributed by atoms with Crippen molar-refractivity contribution in [3.63, 3.8) is 0 Å². The maximum Gasteiger partial charge on any atom is 0.148 e. The van der Waals surface area contributed by atoms with E-state index in [-0.39, 0.29) is 5.82 Å². The second-order valence-electron chi connectivity index (χ2n) is 3.85. The third kappa shape index (κ3) is 1.48. The van der Waals surface area contributed by atoms with Crippen LogP contribution in [-0.4, -0.2) is 10.5 Å². The van der Waals surface area contributed by atoms with E-state index in [1.807, 2.05) is 10.0 Å². The Balaban J connectivity index is 2.42. The molecule has 0 saturated carbocycles. The Morgan fingerprint density at radius 3 is 3.12 bits per heavy atom. The number of fused-ring (bicyclic) bond motifs is 3. The van der Waals surface area contributed by atoms with Gasteiger partial charge in [0.05, 0.1) is 5.52 Å². The molecule has 2 nitrogen and oxygen atoms in total. The Labute approximate surface area is 109 Å². The van der Waals surface area contributed by atoms with E-state index in [2.05, 4.69) is 26.5 Å². The van der Waals surface area contributed by atoms with Crippen molar-refractivity contribution >= 4 is 41.2 Å². The first-order valence-corrected chi connectivity index (χ1v) is 8.45. The molecular weight excluding hydrogens is 338 g/mol. The summed E-state index contributed by atoms with van der Waals surface area (Å²) in [6, 6.07) is 5.35. The van der Waals surface area contributed by atoms with Crippen molar-refractivity contribution in [2.75, 3.05) is 6.54 Å². The van der Waals surface area contributed by atoms with Gasteiger partial charge in [-0.15, -0.1) is 0 Å². The number of rotatable bonds is 1. The zero-order valence-electron chi connectivity index (χ0n) is 8.46. The van der Waals surface area contributed by atoms with Crippen LogP contribution in [-0.2, 0) is 13.0 Å². The third-order valence-electron chi connectivity index (χ3n) is 3.02. The van der Waals surface area contributed by atoms with Gasteiger partial charge in [-0.1, -0.05) is 12.1 Å². The fourth-order valence-corrected chi connectivity index (χ4v) is 4.15. The Hall–Kier alpha value is -0.270. The minimum absolute atomic E-state index is 0.129. The summed E-state index contributed by atoms with van der Waals surface area (Å²) in [5.41, 5.74) is 3.25. The maximum absolute atomic E-state index is 13.9. The highest BCUT2D eigenvalue weighted by molar-refractivity contribution is 14.2. The van der Waals surface area contributed by atoms with Crippen LogP contribution in [0.1, 0.15) is 11.3 Å². The molecule has 84 valence electrons. The summed E-state index contributed by atoms with van der Waals surface area (Å²) in [7, 11) is 1.54. The molecular formula is C11H10FIN2S. The van der Waals surface area contributed by atoms with Crippen LogP contribution >= 0.6 is 30.3 Å². The normalized spacial score (nSPS) is 15.4. The molecule has 0 saturated heterocycles. The largest absolute Gasteiger partial charge is 0.311 e. The van der Waals surface area contributed by atoms with Gasteiger partial charge in [-0.05, 0) is 24.6 Å². The molecule has 0 atom stereocenters. The standard InChI is InChI=1S/C11H10FIN2S/c12-9-3-1-2-8-7-4-5-14-6-10(7)15(16-13)11(8)9/h1-3,14H,4-6H2. The third-order valence-corrected chi connectivity index (χ3v) is 4.74. The molecule has 0 aliphatic carbocycles. The van der Waals surface area contributed by atoms with Crippen LogP contribution in [0, 0.1) is 5.82 Å². The van der Waals surface area contributed by atoms with E-state index < -0.39 is 0 Å². The molecule has 1 aliphatic heterocycles. The van der Waals surface area contributed by atoms with Crippen LogP contribution < -0.4 is 5.32 Å². The van der Waals surface area contributed by atoms with Crippen molar-refractivity contribution in [1.29, 1.82) is 0 Å². The minimum Gasteiger partial charge on any atom is -0.311 e. The van der Waals surface area contributed by atoms with Gasteiger partial charge in [0.25, 0.3) is 0 Å². The van der Waals surface area contributed by atoms with Gasteiger partial charge in [0, 0.05) is 47.9 Å². The van der Waals surface area contributed by atoms with Crippen LogP contribution in [0.4, 0.5) is 4.39 Å². The summed E-state index contributed by atoms with van der Waals surface area (Å²) in [5.74, 6) is -0.129. The predicted molar refractivity (Wildman–Crippen MR) is 74.3 cm³/mol. The van der Waals surface area contributed by atoms with Gasteiger partial charge < -0.3 is 5.32 Å². The van der Waals surface area contributed by atoms with Gasteiger partial charge in [0.2, 0.25) is 0 Å². The summed E-state index contributed by atoms with van der Waals surface area (Å²) >= 11 is 2.21. The average molecular weight is 348 g/mol. The first-order valence-electron chi connectivity index (χ1n) is 5.13. The summed E-state index contributed by atoms with van der Waals surface area (Å²) in [6.07, 6.45) is 0.986. The summed E-state index contributed by atoms with van der Waals surface area (Å²) in [5, 5.41) is 4.41. The number of benzene rings is 1. The highest BCUT2D eigenvalue weighted by atomic mass is 127. The Kier molecular flexibility index (Phi) is 2.85. The number of nitrogens with one attached hydrogen (secondary N) is 1. The molecule has 0 unspecified atom stereocenters. The fraction of sp³-hybridized carbons (Fsp3) is 0.273. The molecule has 5 heteroatoms. The molecule has 0 amide bonds. The number of aromatic nitrogens is 1. The Morgan fingerprint density at radius 1 is 1.44 bits per heavy atom. The summed E-state index contributed by atoms with van der Waals surface area (Å²) in [4.78, 5) is 0. The molecule has 3 rings (SSSR count). The van der Waals surface area contributed by atoms with E-state index in [0.29, 0.717) is 0 Å². The van der Waals surface area contributed by atoms with Crippen molar-refractivity contribution in [2.45, 2.75) is 13.0 Å². The summed E-state index contributed by atoms with van der Waals surface area (Å²) < 4.78 is 15.9. The Bertz CT molecular complexity index is 552. The smallest absolute Gasteiger partial charge is 0.148 e. The van der Waals surface area contributed by atoms with Gasteiger partial charge >= 0.3 is 0 Å². The molecule has 16 heavy (non-hydrogen) atoms. The highest BCUT2D eigenvalue weighted by Gasteiger charge is 2.21. The molecule has 1 N–H and O–H groups in total. The van der Waals surface area contributed by atoms with Gasteiger partial charge in [0.15, 0.2) is 0 Å². The molecule has 2 aromatic rings. The van der Waals surface area contributed by atoms with E-state index >= 15 is 0 Å². The van der Waals surface area contributed by atoms with Gasteiger partial charge in [-0.25, -0.2) is 4.39 Å². The summed E-state index contributed by atoms with van der Waals surface area (Å²) in [6.45, 7) is 1.81. The van der Waals surface area contributed by atoms with Gasteiger partial charge in [-0.2, -0.15) is 0 Å². The molecule has 2 heterocycles. The predicted octanol–water partition coefficient (Wildman–Crippen LogP) is 3.27. The molecule has 0 radical (unpaired) electrons. The van der Waals surface area contributed by atoms with Crippen molar-refractivity contribution < 1.29 is 4.39 Å². The van der Waals surface area contributed by atoms with E-state index in [1.54, 1.807) is 15.2 Å². The van der Waals surface area contributed by atoms with Crippen LogP contribution in [0.25, 0.3) is 10.9 Å². The van der Waals surface area contributed by atoms with Crippen molar-refractivity contribution in [1.82, 2.24) is 9.29 Å². The topological polar surface area (TPSA) is 17.0 Å². The minimum atomic E-state index is -0.129. The average Bonchev–Trinajstić information content (AvgIpc) is 2.65. The monoisotopic (exact) mass is 348 g/mol. The van der Waals surface area contributed by atoms with Crippen molar-refractivity contribution in [3.8, 4) is 0 Å². The fourth-order valence-electron chi connectivity index (χ4n) is 2.33. The lowest BCUT2D eigenvalue weighted by Crippen LogP contribution is -2.24. The zero-order valence-corrected chi connectivity index (χ0v) is 11.4. The SMILES string of the molecule is Fc1cccc2c3c(n(SI)c12)CNCC3.